The molecule has 2 aliphatic heterocycles. The summed E-state index contributed by atoms with van der Waals surface area (Å²) < 4.78 is 5.36. The van der Waals surface area contributed by atoms with Crippen molar-refractivity contribution in [1.82, 2.24) is 15.6 Å². The summed E-state index contributed by atoms with van der Waals surface area (Å²) in [6.45, 7) is 1.91. The minimum Gasteiger partial charge on any atom is -0.496 e. The summed E-state index contributed by atoms with van der Waals surface area (Å²) in [4.78, 5) is 32.6. The largest absolute Gasteiger partial charge is 0.496 e. The molecule has 3 fully saturated rings. The van der Waals surface area contributed by atoms with Gasteiger partial charge in [0.2, 0.25) is 0 Å². The summed E-state index contributed by atoms with van der Waals surface area (Å²) in [7, 11) is 1.62. The van der Waals surface area contributed by atoms with Gasteiger partial charge < -0.3 is 25.4 Å². The van der Waals surface area contributed by atoms with E-state index in [1.165, 1.54) is 0 Å². The molecule has 5 atom stereocenters. The van der Waals surface area contributed by atoms with Gasteiger partial charge in [-0.1, -0.05) is 6.07 Å². The second-order valence-electron chi connectivity index (χ2n) is 10.1. The Hall–Kier alpha value is -3.13. The molecule has 2 bridgehead atoms. The Morgan fingerprint density at radius 2 is 1.80 bits per heavy atom. The molecule has 1 aliphatic carbocycles. The van der Waals surface area contributed by atoms with Crippen LogP contribution in [0.5, 0.6) is 5.75 Å². The van der Waals surface area contributed by atoms with E-state index < -0.39 is 6.10 Å². The van der Waals surface area contributed by atoms with Crippen molar-refractivity contribution in [3.63, 3.8) is 0 Å². The van der Waals surface area contributed by atoms with Crippen LogP contribution >= 0.6 is 0 Å². The maximum Gasteiger partial charge on any atom is 0.253 e. The molecule has 35 heavy (non-hydrogen) atoms. The average molecular weight is 479 g/mol. The van der Waals surface area contributed by atoms with Crippen LogP contribution in [0, 0.1) is 6.92 Å². The van der Waals surface area contributed by atoms with E-state index >= 15 is 0 Å². The van der Waals surface area contributed by atoms with E-state index in [2.05, 4.69) is 20.5 Å². The molecule has 8 nitrogen and oxygen atoms in total. The van der Waals surface area contributed by atoms with Crippen molar-refractivity contribution in [3.8, 4) is 5.75 Å². The van der Waals surface area contributed by atoms with Crippen LogP contribution < -0.4 is 20.3 Å². The van der Waals surface area contributed by atoms with Crippen molar-refractivity contribution < 1.29 is 19.4 Å². The highest BCUT2D eigenvalue weighted by Gasteiger charge is 2.42. The van der Waals surface area contributed by atoms with Crippen LogP contribution in [-0.2, 0) is 0 Å². The van der Waals surface area contributed by atoms with E-state index in [-0.39, 0.29) is 23.9 Å². The van der Waals surface area contributed by atoms with Crippen LogP contribution in [0.3, 0.4) is 0 Å². The summed E-state index contributed by atoms with van der Waals surface area (Å²) >= 11 is 0. The molecule has 2 aromatic rings. The fourth-order valence-electron chi connectivity index (χ4n) is 6.05. The summed E-state index contributed by atoms with van der Waals surface area (Å²) in [6, 6.07) is 9.85. The molecular formula is C27H34N4O4. The quantitative estimate of drug-likeness (QED) is 0.590. The molecule has 1 saturated carbocycles. The zero-order valence-electron chi connectivity index (χ0n) is 20.4. The van der Waals surface area contributed by atoms with E-state index in [9.17, 15) is 14.7 Å². The van der Waals surface area contributed by atoms with Crippen LogP contribution in [-0.4, -0.2) is 59.3 Å². The topological polar surface area (TPSA) is 104 Å². The summed E-state index contributed by atoms with van der Waals surface area (Å²) in [6.07, 6.45) is 7.52. The lowest BCUT2D eigenvalue weighted by molar-refractivity contribution is 0.0872. The summed E-state index contributed by atoms with van der Waals surface area (Å²) in [5.74, 6) is 1.35. The Bertz CT molecular complexity index is 1080. The lowest BCUT2D eigenvalue weighted by atomic mass is 9.96. The van der Waals surface area contributed by atoms with Gasteiger partial charge in [0.15, 0.2) is 0 Å². The highest BCUT2D eigenvalue weighted by Crippen LogP contribution is 2.38. The zero-order chi connectivity index (χ0) is 24.5. The first-order valence-corrected chi connectivity index (χ1v) is 12.6. The molecule has 1 unspecified atom stereocenters. The third kappa shape index (κ3) is 4.72. The lowest BCUT2D eigenvalue weighted by Gasteiger charge is -2.40. The maximum atomic E-state index is 13.0. The number of aromatic nitrogens is 1. The number of aliphatic hydroxyl groups is 1. The molecule has 3 aliphatic rings. The molecule has 3 N–H and O–H groups in total. The van der Waals surface area contributed by atoms with Gasteiger partial charge in [-0.05, 0) is 76.1 Å². The van der Waals surface area contributed by atoms with Gasteiger partial charge in [-0.15, -0.1) is 0 Å². The van der Waals surface area contributed by atoms with Crippen LogP contribution in [0.4, 0.5) is 5.82 Å². The van der Waals surface area contributed by atoms with Crippen LogP contribution in [0.25, 0.3) is 0 Å². The summed E-state index contributed by atoms with van der Waals surface area (Å²) in [5.41, 5.74) is 2.01. The summed E-state index contributed by atoms with van der Waals surface area (Å²) in [5, 5.41) is 16.2. The molecule has 5 rings (SSSR count). The molecule has 0 radical (unpaired) electrons. The van der Waals surface area contributed by atoms with Gasteiger partial charge in [-0.25, -0.2) is 4.98 Å². The number of nitrogens with one attached hydrogen (secondary N) is 2. The molecule has 3 heterocycles. The fourth-order valence-corrected chi connectivity index (χ4v) is 6.05. The third-order valence-electron chi connectivity index (χ3n) is 7.89. The van der Waals surface area contributed by atoms with Crippen molar-refractivity contribution in [2.45, 2.75) is 82.1 Å². The predicted molar refractivity (Wildman–Crippen MR) is 133 cm³/mol. The number of hydrogen-bond acceptors (Lipinski definition) is 6. The lowest BCUT2D eigenvalue weighted by Crippen LogP contribution is -2.50. The number of aliphatic hydroxyl groups excluding tert-OH is 1. The number of amides is 2. The molecule has 1 aromatic carbocycles. The van der Waals surface area contributed by atoms with E-state index in [0.29, 0.717) is 23.2 Å². The number of rotatable bonds is 6. The number of ether oxygens (including phenoxy) is 1. The highest BCUT2D eigenvalue weighted by atomic mass is 16.5. The number of hydrogen-bond donors (Lipinski definition) is 3. The van der Waals surface area contributed by atoms with Crippen molar-refractivity contribution in [3.05, 3.63) is 53.2 Å². The van der Waals surface area contributed by atoms with E-state index in [0.717, 1.165) is 62.1 Å². The zero-order valence-corrected chi connectivity index (χ0v) is 20.4. The smallest absolute Gasteiger partial charge is 0.253 e. The number of carbonyl (C=O) groups is 2. The van der Waals surface area contributed by atoms with E-state index in [1.54, 1.807) is 13.3 Å². The first kappa shape index (κ1) is 23.6. The second-order valence-corrected chi connectivity index (χ2v) is 10.1. The minimum absolute atomic E-state index is 0.0554. The number of benzene rings is 1. The Kier molecular flexibility index (Phi) is 6.65. The monoisotopic (exact) mass is 478 g/mol. The van der Waals surface area contributed by atoms with Crippen LogP contribution in [0.1, 0.15) is 71.2 Å². The van der Waals surface area contributed by atoms with Crippen LogP contribution in [0.2, 0.25) is 0 Å². The number of nitrogens with zero attached hydrogens (tertiary/aromatic N) is 2. The first-order valence-electron chi connectivity index (χ1n) is 12.6. The highest BCUT2D eigenvalue weighted by molar-refractivity contribution is 5.96. The molecule has 8 heteroatoms. The second kappa shape index (κ2) is 9.85. The number of anilines is 1. The van der Waals surface area contributed by atoms with Crippen molar-refractivity contribution in [1.29, 1.82) is 0 Å². The molecular weight excluding hydrogens is 444 g/mol. The van der Waals surface area contributed by atoms with Crippen molar-refractivity contribution in [2.24, 2.45) is 0 Å². The number of pyridine rings is 1. The average Bonchev–Trinajstić information content (AvgIpc) is 3.38. The Labute approximate surface area is 206 Å². The number of methoxy groups -OCH3 is 1. The van der Waals surface area contributed by atoms with Gasteiger partial charge >= 0.3 is 0 Å². The Morgan fingerprint density at radius 1 is 1.03 bits per heavy atom. The first-order chi connectivity index (χ1) is 16.9. The molecule has 2 saturated heterocycles. The Balaban J connectivity index is 1.21. The van der Waals surface area contributed by atoms with Gasteiger partial charge in [0, 0.05) is 35.4 Å². The van der Waals surface area contributed by atoms with Gasteiger partial charge in [0.25, 0.3) is 11.8 Å². The molecule has 186 valence electrons. The van der Waals surface area contributed by atoms with Crippen molar-refractivity contribution >= 4 is 17.6 Å². The van der Waals surface area contributed by atoms with Gasteiger partial charge in [-0.3, -0.25) is 9.59 Å². The number of piperidine rings is 1. The SMILES string of the molecule is COc1cccc(C(=O)NC2C[C@H]3CC[C@@H](C2)N3c2ccc(C(=O)N[C@H]3CCC[C@@H]3O)cn2)c1C. The fraction of sp³-hybridized carbons (Fsp3) is 0.519. The standard InChI is InChI=1S/C27H34N4O4/c1-16-21(5-3-8-24(16)35-2)27(34)29-18-13-19-10-11-20(14-18)31(19)25-12-9-17(15-28-25)26(33)30-22-6-4-7-23(22)32/h3,5,8-9,12,15,18-20,22-23,32H,4,6-7,10-11,13-14H2,1-2H3,(H,29,34)(H,30,33)/t18?,19-,20+,22-,23-/m0/s1. The van der Waals surface area contributed by atoms with Crippen molar-refractivity contribution in [2.75, 3.05) is 12.0 Å². The van der Waals surface area contributed by atoms with E-state index in [4.69, 9.17) is 4.74 Å². The van der Waals surface area contributed by atoms with Gasteiger partial charge in [0.1, 0.15) is 11.6 Å². The van der Waals surface area contributed by atoms with Gasteiger partial charge in [-0.2, -0.15) is 0 Å². The predicted octanol–water partition coefficient (Wildman–Crippen LogP) is 2.97. The van der Waals surface area contributed by atoms with E-state index in [1.807, 2.05) is 37.3 Å². The third-order valence-corrected chi connectivity index (χ3v) is 7.89. The normalized spacial score (nSPS) is 27.5. The van der Waals surface area contributed by atoms with Gasteiger partial charge in [0.05, 0.1) is 24.8 Å². The minimum atomic E-state index is -0.462. The molecule has 0 spiro atoms. The molecule has 1 aromatic heterocycles. The number of carbonyl (C=O) groups excluding carboxylic acids is 2. The number of fused-ring (bicyclic) bond motifs is 2. The Morgan fingerprint density at radius 3 is 2.43 bits per heavy atom. The van der Waals surface area contributed by atoms with Crippen LogP contribution in [0.15, 0.2) is 36.5 Å². The maximum absolute atomic E-state index is 13.0. The molecule has 2 amide bonds.